The molecule has 0 N–H and O–H groups in total. The summed E-state index contributed by atoms with van der Waals surface area (Å²) in [5, 5.41) is 0.653. The second-order valence-corrected chi connectivity index (χ2v) is 6.20. The molecule has 23 heavy (non-hydrogen) atoms. The van der Waals surface area contributed by atoms with Gasteiger partial charge in [0, 0.05) is 13.6 Å². The van der Waals surface area contributed by atoms with Gasteiger partial charge in [0.1, 0.15) is 5.82 Å². The standard InChI is InChI=1S/C19H22ClFN2/c1-5-23(4)12-22-18-9-13(2)8-16(19(18)20)11-15-6-7-17(21)10-14(15)3/h6-10,12H,5,11H2,1-4H3. The van der Waals surface area contributed by atoms with E-state index in [2.05, 4.69) is 18.0 Å². The largest absolute Gasteiger partial charge is 0.366 e. The van der Waals surface area contributed by atoms with Gasteiger partial charge in [-0.3, -0.25) is 0 Å². The molecular formula is C19H22ClFN2. The first-order valence-corrected chi connectivity index (χ1v) is 8.07. The highest BCUT2D eigenvalue weighted by molar-refractivity contribution is 6.33. The van der Waals surface area contributed by atoms with E-state index >= 15 is 0 Å². The Morgan fingerprint density at radius 2 is 1.91 bits per heavy atom. The number of nitrogens with zero attached hydrogens (tertiary/aromatic N) is 2. The number of benzene rings is 2. The van der Waals surface area contributed by atoms with Crippen molar-refractivity contribution in [1.82, 2.24) is 4.90 Å². The lowest BCUT2D eigenvalue weighted by molar-refractivity contribution is 0.552. The minimum atomic E-state index is -0.213. The number of hydrogen-bond donors (Lipinski definition) is 0. The summed E-state index contributed by atoms with van der Waals surface area (Å²) in [6, 6.07) is 8.89. The highest BCUT2D eigenvalue weighted by Crippen LogP contribution is 2.32. The van der Waals surface area contributed by atoms with Gasteiger partial charge < -0.3 is 4.90 Å². The lowest BCUT2D eigenvalue weighted by Gasteiger charge is -2.12. The molecule has 0 aromatic heterocycles. The molecule has 4 heteroatoms. The molecule has 0 saturated heterocycles. The fraction of sp³-hybridized carbons (Fsp3) is 0.316. The van der Waals surface area contributed by atoms with Crippen molar-refractivity contribution in [3.05, 3.63) is 63.4 Å². The summed E-state index contributed by atoms with van der Waals surface area (Å²) in [5.74, 6) is -0.213. The summed E-state index contributed by atoms with van der Waals surface area (Å²) in [6.45, 7) is 6.89. The molecule has 2 rings (SSSR count). The van der Waals surface area contributed by atoms with E-state index < -0.39 is 0 Å². The summed E-state index contributed by atoms with van der Waals surface area (Å²) in [6.07, 6.45) is 2.45. The Morgan fingerprint density at radius 1 is 1.17 bits per heavy atom. The van der Waals surface area contributed by atoms with Crippen LogP contribution in [0.25, 0.3) is 0 Å². The molecule has 0 aliphatic heterocycles. The highest BCUT2D eigenvalue weighted by Gasteiger charge is 2.10. The van der Waals surface area contributed by atoms with E-state index in [0.717, 1.165) is 34.5 Å². The zero-order valence-corrected chi connectivity index (χ0v) is 14.8. The van der Waals surface area contributed by atoms with Gasteiger partial charge in [-0.1, -0.05) is 23.7 Å². The molecule has 0 fully saturated rings. The van der Waals surface area contributed by atoms with Gasteiger partial charge in [0.05, 0.1) is 17.0 Å². The normalized spacial score (nSPS) is 11.2. The number of hydrogen-bond acceptors (Lipinski definition) is 1. The Labute approximate surface area is 142 Å². The summed E-state index contributed by atoms with van der Waals surface area (Å²) in [7, 11) is 1.97. The molecule has 2 aromatic carbocycles. The van der Waals surface area contributed by atoms with E-state index in [9.17, 15) is 4.39 Å². The quantitative estimate of drug-likeness (QED) is 0.536. The first kappa shape index (κ1) is 17.5. The summed E-state index contributed by atoms with van der Waals surface area (Å²) in [5.41, 5.74) is 4.88. The Morgan fingerprint density at radius 3 is 2.57 bits per heavy atom. The number of rotatable bonds is 5. The van der Waals surface area contributed by atoms with E-state index in [0.29, 0.717) is 11.4 Å². The van der Waals surface area contributed by atoms with Crippen LogP contribution in [0.3, 0.4) is 0 Å². The first-order chi connectivity index (χ1) is 10.9. The van der Waals surface area contributed by atoms with Gasteiger partial charge in [-0.2, -0.15) is 0 Å². The monoisotopic (exact) mass is 332 g/mol. The van der Waals surface area contributed by atoms with Crippen molar-refractivity contribution in [3.8, 4) is 0 Å². The van der Waals surface area contributed by atoms with Crippen LogP contribution in [0.4, 0.5) is 10.1 Å². The molecule has 2 aromatic rings. The van der Waals surface area contributed by atoms with Crippen LogP contribution in [0, 0.1) is 19.7 Å². The molecule has 0 heterocycles. The van der Waals surface area contributed by atoms with Crippen molar-refractivity contribution in [3.63, 3.8) is 0 Å². The van der Waals surface area contributed by atoms with Gasteiger partial charge in [-0.25, -0.2) is 9.38 Å². The molecule has 122 valence electrons. The third kappa shape index (κ3) is 4.55. The minimum Gasteiger partial charge on any atom is -0.366 e. The molecule has 2 nitrogen and oxygen atoms in total. The van der Waals surface area contributed by atoms with Gasteiger partial charge in [-0.05, 0) is 67.6 Å². The average molecular weight is 333 g/mol. The topological polar surface area (TPSA) is 15.6 Å². The molecule has 0 amide bonds. The van der Waals surface area contributed by atoms with Gasteiger partial charge in [0.25, 0.3) is 0 Å². The van der Waals surface area contributed by atoms with Gasteiger partial charge in [-0.15, -0.1) is 0 Å². The van der Waals surface area contributed by atoms with E-state index in [4.69, 9.17) is 11.6 Å². The molecule has 0 radical (unpaired) electrons. The van der Waals surface area contributed by atoms with Crippen molar-refractivity contribution in [1.29, 1.82) is 0 Å². The third-order valence-corrected chi connectivity index (χ3v) is 4.29. The van der Waals surface area contributed by atoms with Crippen LogP contribution in [0.5, 0.6) is 0 Å². The van der Waals surface area contributed by atoms with Crippen LogP contribution < -0.4 is 0 Å². The Bertz CT molecular complexity index is 726. The maximum absolute atomic E-state index is 13.3. The maximum atomic E-state index is 13.3. The number of aliphatic imine (C=N–C) groups is 1. The SMILES string of the molecule is CCN(C)C=Nc1cc(C)cc(Cc2ccc(F)cc2C)c1Cl. The van der Waals surface area contributed by atoms with Crippen LogP contribution in [0.1, 0.15) is 29.2 Å². The van der Waals surface area contributed by atoms with Crippen LogP contribution in [0.15, 0.2) is 35.3 Å². The zero-order valence-electron chi connectivity index (χ0n) is 14.0. The van der Waals surface area contributed by atoms with E-state index in [-0.39, 0.29) is 5.82 Å². The molecule has 0 atom stereocenters. The van der Waals surface area contributed by atoms with E-state index in [1.807, 2.05) is 37.9 Å². The smallest absolute Gasteiger partial charge is 0.123 e. The lowest BCUT2D eigenvalue weighted by Crippen LogP contribution is -2.14. The van der Waals surface area contributed by atoms with E-state index in [1.165, 1.54) is 6.07 Å². The molecule has 0 aliphatic carbocycles. The molecular weight excluding hydrogens is 311 g/mol. The van der Waals surface area contributed by atoms with Crippen LogP contribution in [-0.2, 0) is 6.42 Å². The highest BCUT2D eigenvalue weighted by atomic mass is 35.5. The number of aryl methyl sites for hydroxylation is 2. The molecule has 0 aliphatic rings. The van der Waals surface area contributed by atoms with Crippen LogP contribution in [0.2, 0.25) is 5.02 Å². The van der Waals surface area contributed by atoms with Gasteiger partial charge >= 0.3 is 0 Å². The molecule has 0 bridgehead atoms. The first-order valence-electron chi connectivity index (χ1n) is 7.69. The van der Waals surface area contributed by atoms with Gasteiger partial charge in [0.15, 0.2) is 0 Å². The predicted octanol–water partition coefficient (Wildman–Crippen LogP) is 5.30. The van der Waals surface area contributed by atoms with Crippen molar-refractivity contribution in [2.75, 3.05) is 13.6 Å². The van der Waals surface area contributed by atoms with Crippen LogP contribution in [-0.4, -0.2) is 24.8 Å². The second-order valence-electron chi connectivity index (χ2n) is 5.82. The van der Waals surface area contributed by atoms with Gasteiger partial charge in [0.2, 0.25) is 0 Å². The van der Waals surface area contributed by atoms with Crippen molar-refractivity contribution >= 4 is 23.6 Å². The predicted molar refractivity (Wildman–Crippen MR) is 96.6 cm³/mol. The Balaban J connectivity index is 2.35. The average Bonchev–Trinajstić information content (AvgIpc) is 2.51. The zero-order chi connectivity index (χ0) is 17.0. The van der Waals surface area contributed by atoms with E-state index in [1.54, 1.807) is 12.4 Å². The van der Waals surface area contributed by atoms with Crippen molar-refractivity contribution in [2.45, 2.75) is 27.2 Å². The maximum Gasteiger partial charge on any atom is 0.123 e. The van der Waals surface area contributed by atoms with Crippen LogP contribution >= 0.6 is 11.6 Å². The van der Waals surface area contributed by atoms with Crippen molar-refractivity contribution in [2.24, 2.45) is 4.99 Å². The second kappa shape index (κ2) is 7.60. The lowest BCUT2D eigenvalue weighted by atomic mass is 9.98. The summed E-state index contributed by atoms with van der Waals surface area (Å²) >= 11 is 6.53. The Kier molecular flexibility index (Phi) is 5.78. The number of halogens is 2. The minimum absolute atomic E-state index is 0.213. The summed E-state index contributed by atoms with van der Waals surface area (Å²) in [4.78, 5) is 6.47. The third-order valence-electron chi connectivity index (χ3n) is 3.85. The molecule has 0 saturated carbocycles. The molecule has 0 spiro atoms. The fourth-order valence-corrected chi connectivity index (χ4v) is 2.58. The Hall–Kier alpha value is -1.87. The van der Waals surface area contributed by atoms with Crippen molar-refractivity contribution < 1.29 is 4.39 Å². The summed E-state index contributed by atoms with van der Waals surface area (Å²) < 4.78 is 13.3. The fourth-order valence-electron chi connectivity index (χ4n) is 2.35. The molecule has 0 unspecified atom stereocenters.